The van der Waals surface area contributed by atoms with Gasteiger partial charge in [0.05, 0.1) is 12.6 Å². The molecule has 1 amide bonds. The van der Waals surface area contributed by atoms with Gasteiger partial charge in [-0.15, -0.1) is 0 Å². The average molecular weight is 415 g/mol. The van der Waals surface area contributed by atoms with Crippen LogP contribution in [-0.4, -0.2) is 38.8 Å². The number of carbonyl (C=O) groups is 1. The van der Waals surface area contributed by atoms with Crippen LogP contribution < -0.4 is 10.6 Å². The zero-order chi connectivity index (χ0) is 21.2. The van der Waals surface area contributed by atoms with Crippen LogP contribution in [0, 0.1) is 5.82 Å². The third-order valence-corrected chi connectivity index (χ3v) is 5.61. The maximum absolute atomic E-state index is 13.3. The van der Waals surface area contributed by atoms with E-state index >= 15 is 0 Å². The van der Waals surface area contributed by atoms with Gasteiger partial charge in [-0.1, -0.05) is 42.5 Å². The summed E-state index contributed by atoms with van der Waals surface area (Å²) in [4.78, 5) is 12.3. The number of halogens is 1. The lowest BCUT2D eigenvalue weighted by Crippen LogP contribution is -2.50. The Balaban J connectivity index is 1.40. The van der Waals surface area contributed by atoms with E-state index < -0.39 is 0 Å². The monoisotopic (exact) mass is 414 g/mol. The molecule has 0 aromatic heterocycles. The van der Waals surface area contributed by atoms with E-state index in [4.69, 9.17) is 9.47 Å². The summed E-state index contributed by atoms with van der Waals surface area (Å²) < 4.78 is 24.7. The molecule has 3 rings (SSSR count). The van der Waals surface area contributed by atoms with Crippen LogP contribution in [0.3, 0.4) is 0 Å². The Morgan fingerprint density at radius 1 is 1.13 bits per heavy atom. The summed E-state index contributed by atoms with van der Waals surface area (Å²) in [6.45, 7) is 4.61. The Bertz CT molecular complexity index is 777. The average Bonchev–Trinajstić information content (AvgIpc) is 2.79. The molecule has 6 heteroatoms. The Kier molecular flexibility index (Phi) is 8.37. The summed E-state index contributed by atoms with van der Waals surface area (Å²) in [5.41, 5.74) is 1.77. The van der Waals surface area contributed by atoms with E-state index in [1.807, 2.05) is 37.3 Å². The standard InChI is InChI=1S/C24H31FN2O3/c1-19(20-6-3-2-4-7-20)30-15-5-14-26-23(28)18-27-24(12-16-29-17-13-24)21-8-10-22(25)11-9-21/h2-4,6-11,19,27H,5,12-18H2,1H3,(H,26,28). The third kappa shape index (κ3) is 6.36. The summed E-state index contributed by atoms with van der Waals surface area (Å²) in [6.07, 6.45) is 2.28. The normalized spacial score (nSPS) is 16.7. The van der Waals surface area contributed by atoms with Gasteiger partial charge < -0.3 is 14.8 Å². The molecule has 1 atom stereocenters. The van der Waals surface area contributed by atoms with Crippen molar-refractivity contribution < 1.29 is 18.7 Å². The Morgan fingerprint density at radius 3 is 2.53 bits per heavy atom. The van der Waals surface area contributed by atoms with Gasteiger partial charge in [0.1, 0.15) is 5.82 Å². The zero-order valence-corrected chi connectivity index (χ0v) is 17.5. The largest absolute Gasteiger partial charge is 0.381 e. The molecule has 1 heterocycles. The van der Waals surface area contributed by atoms with E-state index in [1.165, 1.54) is 12.1 Å². The van der Waals surface area contributed by atoms with Crippen LogP contribution in [0.4, 0.5) is 4.39 Å². The van der Waals surface area contributed by atoms with Crippen LogP contribution >= 0.6 is 0 Å². The van der Waals surface area contributed by atoms with Gasteiger partial charge in [-0.3, -0.25) is 10.1 Å². The SMILES string of the molecule is CC(OCCCNC(=O)CNC1(c2ccc(F)cc2)CCOCC1)c1ccccc1. The first-order valence-corrected chi connectivity index (χ1v) is 10.6. The summed E-state index contributed by atoms with van der Waals surface area (Å²) in [5, 5.41) is 6.35. The van der Waals surface area contributed by atoms with Crippen LogP contribution in [0.2, 0.25) is 0 Å². The summed E-state index contributed by atoms with van der Waals surface area (Å²) in [6, 6.07) is 16.6. The number of ether oxygens (including phenoxy) is 2. The molecular weight excluding hydrogens is 383 g/mol. The minimum Gasteiger partial charge on any atom is -0.381 e. The van der Waals surface area contributed by atoms with Crippen molar-refractivity contribution in [3.8, 4) is 0 Å². The van der Waals surface area contributed by atoms with Crippen molar-refractivity contribution in [2.24, 2.45) is 0 Å². The molecule has 0 radical (unpaired) electrons. The van der Waals surface area contributed by atoms with Gasteiger partial charge >= 0.3 is 0 Å². The second-order valence-corrected chi connectivity index (χ2v) is 7.68. The molecule has 5 nitrogen and oxygen atoms in total. The molecule has 2 N–H and O–H groups in total. The van der Waals surface area contributed by atoms with Gasteiger partial charge in [-0.2, -0.15) is 0 Å². The topological polar surface area (TPSA) is 59.6 Å². The molecule has 0 bridgehead atoms. The van der Waals surface area contributed by atoms with Gasteiger partial charge in [0, 0.05) is 31.9 Å². The van der Waals surface area contributed by atoms with E-state index in [1.54, 1.807) is 12.1 Å². The molecule has 1 fully saturated rings. The van der Waals surface area contributed by atoms with Crippen molar-refractivity contribution in [3.05, 3.63) is 71.5 Å². The van der Waals surface area contributed by atoms with Gasteiger partial charge in [0.2, 0.25) is 5.91 Å². The van der Waals surface area contributed by atoms with E-state index in [-0.39, 0.29) is 29.9 Å². The number of rotatable bonds is 10. The molecule has 2 aromatic rings. The number of nitrogens with one attached hydrogen (secondary N) is 2. The number of benzene rings is 2. The molecule has 30 heavy (non-hydrogen) atoms. The highest BCUT2D eigenvalue weighted by molar-refractivity contribution is 5.78. The number of hydrogen-bond donors (Lipinski definition) is 2. The van der Waals surface area contributed by atoms with Crippen molar-refractivity contribution in [1.82, 2.24) is 10.6 Å². The van der Waals surface area contributed by atoms with Crippen LogP contribution in [0.25, 0.3) is 0 Å². The second-order valence-electron chi connectivity index (χ2n) is 7.68. The first kappa shape index (κ1) is 22.4. The molecule has 0 aliphatic carbocycles. The maximum atomic E-state index is 13.3. The zero-order valence-electron chi connectivity index (χ0n) is 17.5. The number of carbonyl (C=O) groups excluding carboxylic acids is 1. The molecule has 0 saturated carbocycles. The van der Waals surface area contributed by atoms with Gasteiger partial charge in [0.25, 0.3) is 0 Å². The van der Waals surface area contributed by atoms with Crippen LogP contribution in [0.5, 0.6) is 0 Å². The lowest BCUT2D eigenvalue weighted by atomic mass is 9.82. The van der Waals surface area contributed by atoms with Crippen molar-refractivity contribution in [2.75, 3.05) is 32.9 Å². The molecule has 1 saturated heterocycles. The minimum absolute atomic E-state index is 0.0349. The Hall–Kier alpha value is -2.28. The first-order chi connectivity index (χ1) is 14.6. The summed E-state index contributed by atoms with van der Waals surface area (Å²) >= 11 is 0. The highest BCUT2D eigenvalue weighted by atomic mass is 19.1. The fourth-order valence-corrected chi connectivity index (χ4v) is 3.75. The van der Waals surface area contributed by atoms with E-state index in [2.05, 4.69) is 10.6 Å². The molecule has 1 aliphatic heterocycles. The lowest BCUT2D eigenvalue weighted by Gasteiger charge is -2.38. The van der Waals surface area contributed by atoms with Gasteiger partial charge in [0.15, 0.2) is 0 Å². The van der Waals surface area contributed by atoms with Crippen LogP contribution in [0.15, 0.2) is 54.6 Å². The molecule has 162 valence electrons. The fourth-order valence-electron chi connectivity index (χ4n) is 3.75. The highest BCUT2D eigenvalue weighted by Crippen LogP contribution is 2.32. The van der Waals surface area contributed by atoms with Crippen molar-refractivity contribution >= 4 is 5.91 Å². The van der Waals surface area contributed by atoms with Crippen molar-refractivity contribution in [3.63, 3.8) is 0 Å². The fraction of sp³-hybridized carbons (Fsp3) is 0.458. The summed E-state index contributed by atoms with van der Waals surface area (Å²) in [5.74, 6) is -0.318. The molecular formula is C24H31FN2O3. The summed E-state index contributed by atoms with van der Waals surface area (Å²) in [7, 11) is 0. The predicted molar refractivity (Wildman–Crippen MR) is 115 cm³/mol. The quantitative estimate of drug-likeness (QED) is 0.582. The smallest absolute Gasteiger partial charge is 0.233 e. The number of amides is 1. The third-order valence-electron chi connectivity index (χ3n) is 5.61. The van der Waals surface area contributed by atoms with Gasteiger partial charge in [-0.25, -0.2) is 4.39 Å². The van der Waals surface area contributed by atoms with E-state index in [9.17, 15) is 9.18 Å². The van der Waals surface area contributed by atoms with Crippen LogP contribution in [0.1, 0.15) is 43.4 Å². The van der Waals surface area contributed by atoms with Crippen molar-refractivity contribution in [1.29, 1.82) is 0 Å². The first-order valence-electron chi connectivity index (χ1n) is 10.6. The van der Waals surface area contributed by atoms with E-state index in [0.29, 0.717) is 26.4 Å². The Labute approximate surface area is 178 Å². The predicted octanol–water partition coefficient (Wildman–Crippen LogP) is 3.71. The highest BCUT2D eigenvalue weighted by Gasteiger charge is 2.34. The van der Waals surface area contributed by atoms with Crippen molar-refractivity contribution in [2.45, 2.75) is 37.8 Å². The minimum atomic E-state index is -0.364. The molecule has 2 aromatic carbocycles. The number of hydrogen-bond acceptors (Lipinski definition) is 4. The molecule has 1 unspecified atom stereocenters. The molecule has 1 aliphatic rings. The van der Waals surface area contributed by atoms with E-state index in [0.717, 1.165) is 30.4 Å². The molecule has 0 spiro atoms. The van der Waals surface area contributed by atoms with Crippen LogP contribution in [-0.2, 0) is 19.8 Å². The Morgan fingerprint density at radius 2 is 1.83 bits per heavy atom. The van der Waals surface area contributed by atoms with Gasteiger partial charge in [-0.05, 0) is 49.4 Å². The maximum Gasteiger partial charge on any atom is 0.233 e. The second kappa shape index (κ2) is 11.2. The lowest BCUT2D eigenvalue weighted by molar-refractivity contribution is -0.121.